The molecule has 0 aliphatic carbocycles. The number of furan rings is 1. The van der Waals surface area contributed by atoms with Crippen LogP contribution in [-0.2, 0) is 0 Å². The summed E-state index contributed by atoms with van der Waals surface area (Å²) in [6.07, 6.45) is 0.660. The van der Waals surface area contributed by atoms with Gasteiger partial charge in [0, 0.05) is 11.6 Å². The van der Waals surface area contributed by atoms with E-state index in [1.165, 1.54) is 6.26 Å². The Morgan fingerprint density at radius 2 is 2.26 bits per heavy atom. The van der Waals surface area contributed by atoms with Crippen molar-refractivity contribution in [3.63, 3.8) is 0 Å². The van der Waals surface area contributed by atoms with Crippen LogP contribution >= 0.6 is 11.6 Å². The van der Waals surface area contributed by atoms with Gasteiger partial charge in [-0.3, -0.25) is 4.79 Å². The average molecular weight is 280 g/mol. The largest absolute Gasteiger partial charge is 0.469 e. The summed E-state index contributed by atoms with van der Waals surface area (Å²) in [6.45, 7) is 1.83. The van der Waals surface area contributed by atoms with Crippen molar-refractivity contribution in [1.29, 1.82) is 0 Å². The number of carbonyl (C=O) groups is 1. The number of amides is 1. The number of hydrogen-bond donors (Lipinski definition) is 2. The van der Waals surface area contributed by atoms with Crippen LogP contribution < -0.4 is 5.32 Å². The molecule has 0 bridgehead atoms. The fourth-order valence-corrected chi connectivity index (χ4v) is 1.94. The lowest BCUT2D eigenvalue weighted by molar-refractivity contribution is 0.0915. The van der Waals surface area contributed by atoms with Crippen molar-refractivity contribution in [2.75, 3.05) is 6.54 Å². The Hall–Kier alpha value is -1.78. The highest BCUT2D eigenvalue weighted by Crippen LogP contribution is 2.17. The van der Waals surface area contributed by atoms with Crippen molar-refractivity contribution in [2.45, 2.75) is 13.0 Å². The lowest BCUT2D eigenvalue weighted by Gasteiger charge is -2.12. The maximum absolute atomic E-state index is 11.8. The molecule has 2 rings (SSSR count). The van der Waals surface area contributed by atoms with Crippen molar-refractivity contribution in [1.82, 2.24) is 5.32 Å². The van der Waals surface area contributed by atoms with Crippen LogP contribution in [0.25, 0.3) is 0 Å². The molecule has 1 heterocycles. The normalized spacial score (nSPS) is 12.2. The van der Waals surface area contributed by atoms with Crippen LogP contribution in [0.15, 0.2) is 41.0 Å². The van der Waals surface area contributed by atoms with E-state index >= 15 is 0 Å². The number of rotatable bonds is 4. The molecule has 0 fully saturated rings. The standard InChI is InChI=1S/C14H14ClNO3/c1-9-12(5-6-19-9)14(18)16-8-13(17)10-3-2-4-11(15)7-10/h2-7,13,17H,8H2,1H3,(H,16,18). The highest BCUT2D eigenvalue weighted by Gasteiger charge is 2.14. The number of halogens is 1. The van der Waals surface area contributed by atoms with Crippen LogP contribution in [0.4, 0.5) is 0 Å². The van der Waals surface area contributed by atoms with Gasteiger partial charge in [0.05, 0.1) is 17.9 Å². The molecule has 2 aromatic rings. The molecule has 0 radical (unpaired) electrons. The predicted molar refractivity (Wildman–Crippen MR) is 72.2 cm³/mol. The molecule has 0 saturated carbocycles. The lowest BCUT2D eigenvalue weighted by Crippen LogP contribution is -2.28. The van der Waals surface area contributed by atoms with E-state index in [0.717, 1.165) is 0 Å². The van der Waals surface area contributed by atoms with E-state index in [9.17, 15) is 9.90 Å². The first-order valence-electron chi connectivity index (χ1n) is 5.83. The van der Waals surface area contributed by atoms with Crippen molar-refractivity contribution in [3.8, 4) is 0 Å². The Labute approximate surface area is 116 Å². The zero-order valence-corrected chi connectivity index (χ0v) is 11.1. The second-order valence-electron chi connectivity index (χ2n) is 4.17. The van der Waals surface area contributed by atoms with Crippen LogP contribution in [-0.4, -0.2) is 17.6 Å². The minimum atomic E-state index is -0.796. The molecule has 19 heavy (non-hydrogen) atoms. The van der Waals surface area contributed by atoms with Gasteiger partial charge in [0.25, 0.3) is 5.91 Å². The quantitative estimate of drug-likeness (QED) is 0.904. The van der Waals surface area contributed by atoms with Gasteiger partial charge in [0.15, 0.2) is 0 Å². The summed E-state index contributed by atoms with van der Waals surface area (Å²) < 4.78 is 5.05. The SMILES string of the molecule is Cc1occc1C(=O)NCC(O)c1cccc(Cl)c1. The minimum absolute atomic E-state index is 0.115. The summed E-state index contributed by atoms with van der Waals surface area (Å²) >= 11 is 5.84. The molecule has 4 nitrogen and oxygen atoms in total. The fourth-order valence-electron chi connectivity index (χ4n) is 1.74. The first kappa shape index (κ1) is 13.6. The summed E-state index contributed by atoms with van der Waals surface area (Å²) in [6, 6.07) is 8.50. The molecule has 0 spiro atoms. The molecule has 1 unspecified atom stereocenters. The van der Waals surface area contributed by atoms with Gasteiger partial charge in [-0.05, 0) is 30.7 Å². The molecule has 0 aliphatic rings. The van der Waals surface area contributed by atoms with Gasteiger partial charge < -0.3 is 14.8 Å². The number of aliphatic hydroxyl groups is 1. The second kappa shape index (κ2) is 5.91. The van der Waals surface area contributed by atoms with E-state index in [2.05, 4.69) is 5.32 Å². The van der Waals surface area contributed by atoms with Crippen LogP contribution in [0.1, 0.15) is 27.8 Å². The molecule has 1 aromatic heterocycles. The number of aliphatic hydroxyl groups excluding tert-OH is 1. The lowest BCUT2D eigenvalue weighted by atomic mass is 10.1. The van der Waals surface area contributed by atoms with Crippen molar-refractivity contribution in [2.24, 2.45) is 0 Å². The number of hydrogen-bond acceptors (Lipinski definition) is 3. The Morgan fingerprint density at radius 3 is 2.89 bits per heavy atom. The first-order valence-corrected chi connectivity index (χ1v) is 6.21. The third-order valence-electron chi connectivity index (χ3n) is 2.79. The van der Waals surface area contributed by atoms with Crippen LogP contribution in [0.5, 0.6) is 0 Å². The Bertz CT molecular complexity index is 580. The van der Waals surface area contributed by atoms with Crippen LogP contribution in [0.2, 0.25) is 5.02 Å². The van der Waals surface area contributed by atoms with E-state index in [-0.39, 0.29) is 12.5 Å². The van der Waals surface area contributed by atoms with E-state index in [4.69, 9.17) is 16.0 Å². The number of carbonyl (C=O) groups excluding carboxylic acids is 1. The van der Waals surface area contributed by atoms with Crippen molar-refractivity contribution in [3.05, 3.63) is 58.5 Å². The summed E-state index contributed by atoms with van der Waals surface area (Å²) in [5.41, 5.74) is 1.13. The second-order valence-corrected chi connectivity index (χ2v) is 4.61. The summed E-state index contributed by atoms with van der Waals surface area (Å²) in [7, 11) is 0. The predicted octanol–water partition coefficient (Wildman–Crippen LogP) is 2.70. The average Bonchev–Trinajstić information content (AvgIpc) is 2.82. The summed E-state index contributed by atoms with van der Waals surface area (Å²) in [5, 5.41) is 13.2. The zero-order valence-electron chi connectivity index (χ0n) is 10.4. The van der Waals surface area contributed by atoms with Crippen LogP contribution in [0.3, 0.4) is 0 Å². The van der Waals surface area contributed by atoms with Gasteiger partial charge in [-0.15, -0.1) is 0 Å². The zero-order chi connectivity index (χ0) is 13.8. The van der Waals surface area contributed by atoms with Gasteiger partial charge in [0.2, 0.25) is 0 Å². The first-order chi connectivity index (χ1) is 9.08. The molecular weight excluding hydrogens is 266 g/mol. The molecule has 5 heteroatoms. The molecule has 1 atom stereocenters. The topological polar surface area (TPSA) is 62.5 Å². The molecule has 0 saturated heterocycles. The highest BCUT2D eigenvalue weighted by molar-refractivity contribution is 6.30. The molecule has 100 valence electrons. The molecule has 0 aliphatic heterocycles. The van der Waals surface area contributed by atoms with Gasteiger partial charge in [-0.25, -0.2) is 0 Å². The molecule has 2 N–H and O–H groups in total. The van der Waals surface area contributed by atoms with E-state index in [1.807, 2.05) is 0 Å². The Kier molecular flexibility index (Phi) is 4.24. The summed E-state index contributed by atoms with van der Waals surface area (Å²) in [5.74, 6) is 0.280. The van der Waals surface area contributed by atoms with Gasteiger partial charge in [-0.1, -0.05) is 23.7 Å². The molecule has 1 aromatic carbocycles. The third-order valence-corrected chi connectivity index (χ3v) is 3.03. The highest BCUT2D eigenvalue weighted by atomic mass is 35.5. The Morgan fingerprint density at radius 1 is 1.47 bits per heavy atom. The number of aryl methyl sites for hydroxylation is 1. The molecule has 1 amide bonds. The fraction of sp³-hybridized carbons (Fsp3) is 0.214. The third kappa shape index (κ3) is 3.36. The number of benzene rings is 1. The van der Waals surface area contributed by atoms with E-state index < -0.39 is 6.10 Å². The van der Waals surface area contributed by atoms with E-state index in [1.54, 1.807) is 37.3 Å². The van der Waals surface area contributed by atoms with Gasteiger partial charge >= 0.3 is 0 Å². The maximum atomic E-state index is 11.8. The maximum Gasteiger partial charge on any atom is 0.254 e. The monoisotopic (exact) mass is 279 g/mol. The molecular formula is C14H14ClNO3. The van der Waals surface area contributed by atoms with Crippen molar-refractivity contribution >= 4 is 17.5 Å². The van der Waals surface area contributed by atoms with Crippen molar-refractivity contribution < 1.29 is 14.3 Å². The minimum Gasteiger partial charge on any atom is -0.469 e. The Balaban J connectivity index is 1.96. The smallest absolute Gasteiger partial charge is 0.254 e. The number of nitrogens with one attached hydrogen (secondary N) is 1. The van der Waals surface area contributed by atoms with Crippen LogP contribution in [0, 0.1) is 6.92 Å². The summed E-state index contributed by atoms with van der Waals surface area (Å²) in [4.78, 5) is 11.8. The van der Waals surface area contributed by atoms with Gasteiger partial charge in [-0.2, -0.15) is 0 Å². The van der Waals surface area contributed by atoms with E-state index in [0.29, 0.717) is 21.9 Å². The van der Waals surface area contributed by atoms with Gasteiger partial charge in [0.1, 0.15) is 5.76 Å².